The highest BCUT2D eigenvalue weighted by atomic mass is 35.5. The van der Waals surface area contributed by atoms with Crippen LogP contribution in [0.3, 0.4) is 0 Å². The van der Waals surface area contributed by atoms with E-state index in [2.05, 4.69) is 5.32 Å². The third-order valence-electron chi connectivity index (χ3n) is 4.69. The zero-order valence-corrected chi connectivity index (χ0v) is 18.9. The summed E-state index contributed by atoms with van der Waals surface area (Å²) >= 11 is 6.71. The standard InChI is InChI=1S/C25H19ClN2O4S/c26-19-9-5-10-20(14-19)27-23(29)15-28-24(30)22(33-25(28)31)13-18-8-4-11-21(12-18)32-16-17-6-2-1-3-7-17/h1-14H,15-16H2,(H,27,29)/b22-13+. The number of benzene rings is 3. The first-order chi connectivity index (χ1) is 16.0. The van der Waals surface area contributed by atoms with Gasteiger partial charge in [0.05, 0.1) is 4.91 Å². The van der Waals surface area contributed by atoms with Gasteiger partial charge in [-0.3, -0.25) is 19.3 Å². The zero-order chi connectivity index (χ0) is 23.2. The number of carbonyl (C=O) groups excluding carboxylic acids is 3. The number of nitrogens with one attached hydrogen (secondary N) is 1. The monoisotopic (exact) mass is 478 g/mol. The fourth-order valence-electron chi connectivity index (χ4n) is 3.13. The minimum absolute atomic E-state index is 0.246. The number of rotatable bonds is 7. The average Bonchev–Trinajstić information content (AvgIpc) is 3.06. The van der Waals surface area contributed by atoms with Crippen LogP contribution in [-0.4, -0.2) is 28.5 Å². The second kappa shape index (κ2) is 10.4. The third kappa shape index (κ3) is 6.03. The molecular formula is C25H19ClN2O4S. The molecule has 6 nitrogen and oxygen atoms in total. The lowest BCUT2D eigenvalue weighted by Crippen LogP contribution is -2.36. The average molecular weight is 479 g/mol. The first kappa shape index (κ1) is 22.6. The largest absolute Gasteiger partial charge is 0.489 e. The maximum absolute atomic E-state index is 12.7. The normalized spacial score (nSPS) is 14.6. The van der Waals surface area contributed by atoms with Gasteiger partial charge in [-0.05, 0) is 59.3 Å². The zero-order valence-electron chi connectivity index (χ0n) is 17.4. The van der Waals surface area contributed by atoms with E-state index < -0.39 is 17.1 Å². The molecule has 3 aromatic carbocycles. The van der Waals surface area contributed by atoms with Gasteiger partial charge in [-0.2, -0.15) is 0 Å². The van der Waals surface area contributed by atoms with Crippen molar-refractivity contribution in [1.82, 2.24) is 4.90 Å². The lowest BCUT2D eigenvalue weighted by molar-refractivity contribution is -0.127. The summed E-state index contributed by atoms with van der Waals surface area (Å²) in [6, 6.07) is 23.7. The Bertz CT molecular complexity index is 1230. The lowest BCUT2D eigenvalue weighted by atomic mass is 10.2. The van der Waals surface area contributed by atoms with Gasteiger partial charge in [0.25, 0.3) is 11.1 Å². The molecule has 0 spiro atoms. The highest BCUT2D eigenvalue weighted by molar-refractivity contribution is 8.18. The van der Waals surface area contributed by atoms with Crippen LogP contribution in [0, 0.1) is 0 Å². The van der Waals surface area contributed by atoms with Gasteiger partial charge in [0.1, 0.15) is 18.9 Å². The van der Waals surface area contributed by atoms with Crippen molar-refractivity contribution < 1.29 is 19.1 Å². The molecule has 0 aliphatic carbocycles. The molecule has 0 bridgehead atoms. The summed E-state index contributed by atoms with van der Waals surface area (Å²) in [4.78, 5) is 38.6. The molecule has 1 aliphatic heterocycles. The fraction of sp³-hybridized carbons (Fsp3) is 0.0800. The van der Waals surface area contributed by atoms with Gasteiger partial charge in [0.2, 0.25) is 5.91 Å². The first-order valence-corrected chi connectivity index (χ1v) is 11.2. The molecule has 0 atom stereocenters. The summed E-state index contributed by atoms with van der Waals surface area (Å²) in [6.45, 7) is 0.0390. The van der Waals surface area contributed by atoms with E-state index in [4.69, 9.17) is 16.3 Å². The van der Waals surface area contributed by atoms with Crippen molar-refractivity contribution in [2.24, 2.45) is 0 Å². The molecule has 8 heteroatoms. The molecule has 0 radical (unpaired) electrons. The van der Waals surface area contributed by atoms with Crippen LogP contribution in [0.25, 0.3) is 6.08 Å². The molecule has 1 saturated heterocycles. The minimum atomic E-state index is -0.512. The summed E-state index contributed by atoms with van der Waals surface area (Å²) in [5, 5.41) is 2.61. The van der Waals surface area contributed by atoms with Gasteiger partial charge in [-0.15, -0.1) is 0 Å². The van der Waals surface area contributed by atoms with Gasteiger partial charge < -0.3 is 10.1 Å². The number of halogens is 1. The van der Waals surface area contributed by atoms with Crippen LogP contribution in [0.15, 0.2) is 83.8 Å². The Labute approximate surface area is 200 Å². The van der Waals surface area contributed by atoms with Crippen molar-refractivity contribution in [3.63, 3.8) is 0 Å². The van der Waals surface area contributed by atoms with Crippen LogP contribution in [0.5, 0.6) is 5.75 Å². The Hall–Kier alpha value is -3.55. The molecule has 4 rings (SSSR count). The number of hydrogen-bond donors (Lipinski definition) is 1. The van der Waals surface area contributed by atoms with Crippen molar-refractivity contribution in [3.8, 4) is 5.75 Å². The van der Waals surface area contributed by atoms with Crippen LogP contribution < -0.4 is 10.1 Å². The molecule has 1 N–H and O–H groups in total. The van der Waals surface area contributed by atoms with Crippen LogP contribution in [-0.2, 0) is 16.2 Å². The smallest absolute Gasteiger partial charge is 0.294 e. The van der Waals surface area contributed by atoms with Crippen molar-refractivity contribution in [3.05, 3.63) is 99.9 Å². The van der Waals surface area contributed by atoms with E-state index in [0.717, 1.165) is 27.8 Å². The number of imide groups is 1. The number of nitrogens with zero attached hydrogens (tertiary/aromatic N) is 1. The van der Waals surface area contributed by atoms with Crippen LogP contribution in [0.2, 0.25) is 5.02 Å². The second-order valence-corrected chi connectivity index (χ2v) is 8.60. The number of carbonyl (C=O) groups is 3. The number of hydrogen-bond acceptors (Lipinski definition) is 5. The maximum Gasteiger partial charge on any atom is 0.294 e. The van der Waals surface area contributed by atoms with E-state index in [1.165, 1.54) is 0 Å². The fourth-order valence-corrected chi connectivity index (χ4v) is 4.16. The Morgan fingerprint density at radius 3 is 2.58 bits per heavy atom. The SMILES string of the molecule is O=C(CN1C(=O)S/C(=C/c2cccc(OCc3ccccc3)c2)C1=O)Nc1cccc(Cl)c1. The Morgan fingerprint density at radius 2 is 1.79 bits per heavy atom. The van der Waals surface area contributed by atoms with Gasteiger partial charge in [-0.25, -0.2) is 0 Å². The van der Waals surface area contributed by atoms with Crippen LogP contribution in [0.4, 0.5) is 10.5 Å². The highest BCUT2D eigenvalue weighted by Gasteiger charge is 2.36. The van der Waals surface area contributed by atoms with Crippen LogP contribution in [0.1, 0.15) is 11.1 Å². The molecule has 0 saturated carbocycles. The molecule has 33 heavy (non-hydrogen) atoms. The summed E-state index contributed by atoms with van der Waals surface area (Å²) < 4.78 is 5.82. The van der Waals surface area contributed by atoms with Crippen LogP contribution >= 0.6 is 23.4 Å². The third-order valence-corrected chi connectivity index (χ3v) is 5.83. The molecule has 0 aromatic heterocycles. The molecule has 166 valence electrons. The summed E-state index contributed by atoms with van der Waals surface area (Å²) in [5.74, 6) is -0.355. The van der Waals surface area contributed by atoms with Gasteiger partial charge in [0.15, 0.2) is 0 Å². The van der Waals surface area contributed by atoms with Gasteiger partial charge in [0, 0.05) is 10.7 Å². The van der Waals surface area contributed by atoms with Crippen molar-refractivity contribution >= 4 is 52.2 Å². The number of thioether (sulfide) groups is 1. The predicted molar refractivity (Wildman–Crippen MR) is 130 cm³/mol. The van der Waals surface area contributed by atoms with Gasteiger partial charge in [-0.1, -0.05) is 60.1 Å². The molecule has 0 unspecified atom stereocenters. The first-order valence-electron chi connectivity index (χ1n) is 10.1. The molecular weight excluding hydrogens is 460 g/mol. The van der Waals surface area contributed by atoms with E-state index >= 15 is 0 Å². The topological polar surface area (TPSA) is 75.7 Å². The Balaban J connectivity index is 1.40. The maximum atomic E-state index is 12.7. The van der Waals surface area contributed by atoms with Crippen molar-refractivity contribution in [1.29, 1.82) is 0 Å². The number of anilines is 1. The molecule has 3 aromatic rings. The van der Waals surface area contributed by atoms with E-state index in [0.29, 0.717) is 23.1 Å². The lowest BCUT2D eigenvalue weighted by Gasteiger charge is -2.12. The summed E-state index contributed by atoms with van der Waals surface area (Å²) in [7, 11) is 0. The predicted octanol–water partition coefficient (Wildman–Crippen LogP) is 5.59. The molecule has 1 heterocycles. The summed E-state index contributed by atoms with van der Waals surface area (Å²) in [6.07, 6.45) is 1.62. The summed E-state index contributed by atoms with van der Waals surface area (Å²) in [5.41, 5.74) is 2.25. The quantitative estimate of drug-likeness (QED) is 0.448. The molecule has 1 fully saturated rings. The van der Waals surface area contributed by atoms with E-state index in [1.54, 1.807) is 36.4 Å². The van der Waals surface area contributed by atoms with E-state index in [9.17, 15) is 14.4 Å². The Morgan fingerprint density at radius 1 is 1.00 bits per heavy atom. The van der Waals surface area contributed by atoms with E-state index in [1.807, 2.05) is 48.5 Å². The van der Waals surface area contributed by atoms with Crippen molar-refractivity contribution in [2.75, 3.05) is 11.9 Å². The Kier molecular flexibility index (Phi) is 7.12. The molecule has 1 aliphatic rings. The number of ether oxygens (including phenoxy) is 1. The van der Waals surface area contributed by atoms with Crippen molar-refractivity contribution in [2.45, 2.75) is 6.61 Å². The molecule has 3 amide bonds. The highest BCUT2D eigenvalue weighted by Crippen LogP contribution is 2.32. The van der Waals surface area contributed by atoms with Gasteiger partial charge >= 0.3 is 0 Å². The second-order valence-electron chi connectivity index (χ2n) is 7.17. The number of amides is 3. The van der Waals surface area contributed by atoms with E-state index in [-0.39, 0.29) is 11.4 Å². The minimum Gasteiger partial charge on any atom is -0.489 e.